The molecule has 1 saturated heterocycles. The van der Waals surface area contributed by atoms with Gasteiger partial charge in [-0.05, 0) is 19.4 Å². The van der Waals surface area contributed by atoms with Gasteiger partial charge in [-0.25, -0.2) is 0 Å². The van der Waals surface area contributed by atoms with Crippen molar-refractivity contribution >= 4 is 5.91 Å². The standard InChI is InChI=1S/C18H29N3O2/c1-14(16(19)15-7-5-4-6-8-15)17(22)20-13-18(2,3)21-9-11-23-12-10-21/h4-8,14,16H,9-13,19H2,1-3H3,(H,20,22). The van der Waals surface area contributed by atoms with Crippen molar-refractivity contribution in [3.8, 4) is 0 Å². The molecule has 3 N–H and O–H groups in total. The normalized spacial score (nSPS) is 19.1. The first-order chi connectivity index (χ1) is 10.9. The lowest BCUT2D eigenvalue weighted by Crippen LogP contribution is -2.56. The molecule has 1 aromatic rings. The summed E-state index contributed by atoms with van der Waals surface area (Å²) in [5.74, 6) is -0.263. The van der Waals surface area contributed by atoms with E-state index in [1.54, 1.807) is 0 Å². The van der Waals surface area contributed by atoms with Crippen molar-refractivity contribution in [2.45, 2.75) is 32.4 Å². The first-order valence-electron chi connectivity index (χ1n) is 8.33. The van der Waals surface area contributed by atoms with E-state index in [9.17, 15) is 4.79 Å². The molecule has 1 aromatic carbocycles. The molecule has 5 heteroatoms. The summed E-state index contributed by atoms with van der Waals surface area (Å²) in [4.78, 5) is 14.8. The number of carbonyl (C=O) groups is 1. The summed E-state index contributed by atoms with van der Waals surface area (Å²) in [5.41, 5.74) is 7.13. The van der Waals surface area contributed by atoms with Gasteiger partial charge in [-0.15, -0.1) is 0 Å². The summed E-state index contributed by atoms with van der Waals surface area (Å²) >= 11 is 0. The van der Waals surface area contributed by atoms with Crippen molar-refractivity contribution in [3.63, 3.8) is 0 Å². The van der Waals surface area contributed by atoms with Crippen LogP contribution < -0.4 is 11.1 Å². The van der Waals surface area contributed by atoms with Crippen molar-refractivity contribution in [1.82, 2.24) is 10.2 Å². The van der Waals surface area contributed by atoms with Crippen LogP contribution in [0.15, 0.2) is 30.3 Å². The van der Waals surface area contributed by atoms with Gasteiger partial charge in [-0.3, -0.25) is 9.69 Å². The average Bonchev–Trinajstić information content (AvgIpc) is 2.60. The first-order valence-corrected chi connectivity index (χ1v) is 8.33. The Kier molecular flexibility index (Phi) is 6.16. The lowest BCUT2D eigenvalue weighted by atomic mass is 9.94. The van der Waals surface area contributed by atoms with E-state index in [0.29, 0.717) is 6.54 Å². The van der Waals surface area contributed by atoms with Crippen LogP contribution in [0.2, 0.25) is 0 Å². The summed E-state index contributed by atoms with van der Waals surface area (Å²) in [6.45, 7) is 10.1. The van der Waals surface area contributed by atoms with Gasteiger partial charge in [0.2, 0.25) is 5.91 Å². The molecule has 23 heavy (non-hydrogen) atoms. The number of carbonyl (C=O) groups excluding carboxylic acids is 1. The average molecular weight is 319 g/mol. The molecule has 0 aliphatic carbocycles. The van der Waals surface area contributed by atoms with Gasteiger partial charge in [0.05, 0.1) is 19.1 Å². The molecule has 1 heterocycles. The van der Waals surface area contributed by atoms with Crippen LogP contribution in [0.3, 0.4) is 0 Å². The molecule has 0 bridgehead atoms. The van der Waals surface area contributed by atoms with Crippen LogP contribution in [0.25, 0.3) is 0 Å². The highest BCUT2D eigenvalue weighted by Gasteiger charge is 2.30. The van der Waals surface area contributed by atoms with Gasteiger partial charge in [-0.1, -0.05) is 37.3 Å². The third-order valence-electron chi connectivity index (χ3n) is 4.70. The van der Waals surface area contributed by atoms with Gasteiger partial charge in [-0.2, -0.15) is 0 Å². The zero-order valence-electron chi connectivity index (χ0n) is 14.4. The number of nitrogens with zero attached hydrogens (tertiary/aromatic N) is 1. The maximum atomic E-state index is 12.5. The number of amides is 1. The molecule has 1 aliphatic rings. The van der Waals surface area contributed by atoms with E-state index in [1.165, 1.54) is 0 Å². The quantitative estimate of drug-likeness (QED) is 0.835. The zero-order chi connectivity index (χ0) is 16.9. The van der Waals surface area contributed by atoms with Gasteiger partial charge in [0.25, 0.3) is 0 Å². The van der Waals surface area contributed by atoms with E-state index < -0.39 is 0 Å². The highest BCUT2D eigenvalue weighted by Crippen LogP contribution is 2.20. The fourth-order valence-electron chi connectivity index (χ4n) is 2.87. The number of nitrogens with two attached hydrogens (primary N) is 1. The molecule has 2 unspecified atom stereocenters. The van der Waals surface area contributed by atoms with Crippen LogP contribution in [0.5, 0.6) is 0 Å². The monoisotopic (exact) mass is 319 g/mol. The molecule has 0 saturated carbocycles. The van der Waals surface area contributed by atoms with Gasteiger partial charge in [0, 0.05) is 31.2 Å². The lowest BCUT2D eigenvalue weighted by Gasteiger charge is -2.41. The minimum Gasteiger partial charge on any atom is -0.379 e. The topological polar surface area (TPSA) is 67.6 Å². The Bertz CT molecular complexity index is 498. The zero-order valence-corrected chi connectivity index (χ0v) is 14.4. The van der Waals surface area contributed by atoms with Crippen LogP contribution in [0.1, 0.15) is 32.4 Å². The molecule has 0 spiro atoms. The van der Waals surface area contributed by atoms with Crippen LogP contribution in [0, 0.1) is 5.92 Å². The molecular formula is C18H29N3O2. The predicted molar refractivity (Wildman–Crippen MR) is 92.0 cm³/mol. The van der Waals surface area contributed by atoms with Crippen molar-refractivity contribution < 1.29 is 9.53 Å². The fourth-order valence-corrected chi connectivity index (χ4v) is 2.87. The molecule has 1 aliphatic heterocycles. The minimum atomic E-state index is -0.289. The van der Waals surface area contributed by atoms with Crippen molar-refractivity contribution in [3.05, 3.63) is 35.9 Å². The largest absolute Gasteiger partial charge is 0.379 e. The SMILES string of the molecule is CC(C(=O)NCC(C)(C)N1CCOCC1)C(N)c1ccccc1. The molecule has 128 valence electrons. The number of benzene rings is 1. The van der Waals surface area contributed by atoms with Crippen LogP contribution >= 0.6 is 0 Å². The maximum Gasteiger partial charge on any atom is 0.224 e. The van der Waals surface area contributed by atoms with Crippen molar-refractivity contribution in [2.75, 3.05) is 32.8 Å². The fraction of sp³-hybridized carbons (Fsp3) is 0.611. The Morgan fingerprint density at radius 1 is 1.30 bits per heavy atom. The number of nitrogens with one attached hydrogen (secondary N) is 1. The molecule has 2 rings (SSSR count). The summed E-state index contributed by atoms with van der Waals surface area (Å²) in [7, 11) is 0. The smallest absolute Gasteiger partial charge is 0.224 e. The second kappa shape index (κ2) is 7.90. The molecule has 2 atom stereocenters. The van der Waals surface area contributed by atoms with E-state index in [1.807, 2.05) is 37.3 Å². The minimum absolute atomic E-state index is 0.00249. The Balaban J connectivity index is 1.88. The Morgan fingerprint density at radius 3 is 2.52 bits per heavy atom. The second-order valence-electron chi connectivity index (χ2n) is 6.85. The van der Waals surface area contributed by atoms with Crippen LogP contribution in [0.4, 0.5) is 0 Å². The lowest BCUT2D eigenvalue weighted by molar-refractivity contribution is -0.126. The third-order valence-corrected chi connectivity index (χ3v) is 4.70. The summed E-state index contributed by atoms with van der Waals surface area (Å²) < 4.78 is 5.39. The Morgan fingerprint density at radius 2 is 1.91 bits per heavy atom. The van der Waals surface area contributed by atoms with Gasteiger partial charge in [0.1, 0.15) is 0 Å². The van der Waals surface area contributed by atoms with E-state index in [4.69, 9.17) is 10.5 Å². The van der Waals surface area contributed by atoms with Gasteiger partial charge < -0.3 is 15.8 Å². The third kappa shape index (κ3) is 4.77. The Hall–Kier alpha value is -1.43. The molecule has 1 amide bonds. The number of hydrogen-bond donors (Lipinski definition) is 2. The van der Waals surface area contributed by atoms with Gasteiger partial charge in [0.15, 0.2) is 0 Å². The molecular weight excluding hydrogens is 290 g/mol. The number of rotatable bonds is 6. The number of morpholine rings is 1. The first kappa shape index (κ1) is 17.9. The highest BCUT2D eigenvalue weighted by atomic mass is 16.5. The predicted octanol–water partition coefficient (Wildman–Crippen LogP) is 1.55. The van der Waals surface area contributed by atoms with Gasteiger partial charge >= 0.3 is 0 Å². The van der Waals surface area contributed by atoms with E-state index in [2.05, 4.69) is 24.1 Å². The molecule has 1 fully saturated rings. The van der Waals surface area contributed by atoms with Crippen LogP contribution in [-0.4, -0.2) is 49.2 Å². The van der Waals surface area contributed by atoms with Crippen LogP contribution in [-0.2, 0) is 9.53 Å². The highest BCUT2D eigenvalue weighted by molar-refractivity contribution is 5.79. The molecule has 0 aromatic heterocycles. The number of ether oxygens (including phenoxy) is 1. The van der Waals surface area contributed by atoms with Crippen molar-refractivity contribution in [2.24, 2.45) is 11.7 Å². The Labute approximate surface area is 139 Å². The summed E-state index contributed by atoms with van der Waals surface area (Å²) in [6.07, 6.45) is 0. The second-order valence-corrected chi connectivity index (χ2v) is 6.85. The van der Waals surface area contributed by atoms with E-state index in [0.717, 1.165) is 31.9 Å². The van der Waals surface area contributed by atoms with Crippen molar-refractivity contribution in [1.29, 1.82) is 0 Å². The number of hydrogen-bond acceptors (Lipinski definition) is 4. The summed E-state index contributed by atoms with van der Waals surface area (Å²) in [5, 5.41) is 3.07. The maximum absolute atomic E-state index is 12.5. The summed E-state index contributed by atoms with van der Waals surface area (Å²) in [6, 6.07) is 9.48. The van der Waals surface area contributed by atoms with E-state index in [-0.39, 0.29) is 23.4 Å². The molecule has 5 nitrogen and oxygen atoms in total. The molecule has 0 radical (unpaired) electrons. The van der Waals surface area contributed by atoms with E-state index >= 15 is 0 Å².